The molecule has 16 heavy (non-hydrogen) atoms. The molecule has 4 nitrogen and oxygen atoms in total. The van der Waals surface area contributed by atoms with Crippen LogP contribution in [0.1, 0.15) is 6.92 Å². The first-order chi connectivity index (χ1) is 7.59. The lowest BCUT2D eigenvalue weighted by Crippen LogP contribution is -2.22. The Hall–Kier alpha value is -1.07. The SMILES string of the molecule is C[C@@H](OCCOc1cccc(Br)c1)C(=O)O. The summed E-state index contributed by atoms with van der Waals surface area (Å²) in [6, 6.07) is 7.42. The number of rotatable bonds is 6. The molecule has 0 radical (unpaired) electrons. The molecule has 0 aliphatic rings. The van der Waals surface area contributed by atoms with Gasteiger partial charge in [-0.25, -0.2) is 4.79 Å². The average Bonchev–Trinajstić information content (AvgIpc) is 2.24. The maximum Gasteiger partial charge on any atom is 0.332 e. The van der Waals surface area contributed by atoms with Crippen LogP contribution in [0.4, 0.5) is 0 Å². The summed E-state index contributed by atoms with van der Waals surface area (Å²) in [6.45, 7) is 2.06. The number of hydrogen-bond donors (Lipinski definition) is 1. The Kier molecular flexibility index (Phi) is 5.28. The van der Waals surface area contributed by atoms with E-state index in [4.69, 9.17) is 14.6 Å². The van der Waals surface area contributed by atoms with Crippen LogP contribution in [0.2, 0.25) is 0 Å². The molecule has 0 saturated carbocycles. The van der Waals surface area contributed by atoms with Gasteiger partial charge in [-0.05, 0) is 25.1 Å². The summed E-state index contributed by atoms with van der Waals surface area (Å²) in [5, 5.41) is 8.56. The number of carboxylic acids is 1. The van der Waals surface area contributed by atoms with Gasteiger partial charge in [0.2, 0.25) is 0 Å². The van der Waals surface area contributed by atoms with Crippen molar-refractivity contribution in [3.05, 3.63) is 28.7 Å². The molecule has 0 aromatic heterocycles. The van der Waals surface area contributed by atoms with Crippen molar-refractivity contribution >= 4 is 21.9 Å². The van der Waals surface area contributed by atoms with E-state index in [0.29, 0.717) is 6.61 Å². The summed E-state index contributed by atoms with van der Waals surface area (Å²) in [7, 11) is 0. The minimum Gasteiger partial charge on any atom is -0.491 e. The Morgan fingerprint density at radius 2 is 2.25 bits per heavy atom. The molecule has 0 saturated heterocycles. The topological polar surface area (TPSA) is 55.8 Å². The van der Waals surface area contributed by atoms with E-state index >= 15 is 0 Å². The fraction of sp³-hybridized carbons (Fsp3) is 0.364. The molecule has 1 N–H and O–H groups in total. The normalized spacial score (nSPS) is 12.1. The van der Waals surface area contributed by atoms with Gasteiger partial charge < -0.3 is 14.6 Å². The monoisotopic (exact) mass is 288 g/mol. The van der Waals surface area contributed by atoms with E-state index < -0.39 is 12.1 Å². The van der Waals surface area contributed by atoms with Crippen LogP contribution >= 0.6 is 15.9 Å². The summed E-state index contributed by atoms with van der Waals surface area (Å²) < 4.78 is 11.3. The van der Waals surface area contributed by atoms with Crippen LogP contribution in [0.5, 0.6) is 5.75 Å². The van der Waals surface area contributed by atoms with E-state index in [-0.39, 0.29) is 6.61 Å². The van der Waals surface area contributed by atoms with Crippen molar-refractivity contribution in [2.24, 2.45) is 0 Å². The Morgan fingerprint density at radius 1 is 1.50 bits per heavy atom. The minimum atomic E-state index is -0.970. The smallest absolute Gasteiger partial charge is 0.332 e. The molecule has 0 bridgehead atoms. The Morgan fingerprint density at radius 3 is 2.88 bits per heavy atom. The molecule has 0 fully saturated rings. The molecule has 1 aromatic rings. The van der Waals surface area contributed by atoms with Crippen molar-refractivity contribution in [2.75, 3.05) is 13.2 Å². The van der Waals surface area contributed by atoms with Gasteiger partial charge in [-0.15, -0.1) is 0 Å². The minimum absolute atomic E-state index is 0.250. The maximum absolute atomic E-state index is 10.4. The molecule has 1 atom stereocenters. The summed E-state index contributed by atoms with van der Waals surface area (Å²) in [5.41, 5.74) is 0. The summed E-state index contributed by atoms with van der Waals surface area (Å²) in [5.74, 6) is -0.247. The molecule has 1 aromatic carbocycles. The zero-order chi connectivity index (χ0) is 12.0. The van der Waals surface area contributed by atoms with Crippen molar-refractivity contribution in [2.45, 2.75) is 13.0 Å². The predicted molar refractivity (Wildman–Crippen MR) is 62.7 cm³/mol. The second-order valence-electron chi connectivity index (χ2n) is 3.16. The first kappa shape index (κ1) is 13.0. The molecule has 0 aliphatic heterocycles. The van der Waals surface area contributed by atoms with Gasteiger partial charge in [0.1, 0.15) is 12.4 Å². The van der Waals surface area contributed by atoms with Crippen LogP contribution in [0.3, 0.4) is 0 Å². The van der Waals surface area contributed by atoms with E-state index in [1.807, 2.05) is 24.3 Å². The fourth-order valence-corrected chi connectivity index (χ4v) is 1.39. The number of ether oxygens (including phenoxy) is 2. The number of benzene rings is 1. The average molecular weight is 289 g/mol. The molecule has 0 spiro atoms. The number of carbonyl (C=O) groups is 1. The quantitative estimate of drug-likeness (QED) is 0.816. The van der Waals surface area contributed by atoms with Crippen molar-refractivity contribution < 1.29 is 19.4 Å². The van der Waals surface area contributed by atoms with Crippen LogP contribution in [-0.2, 0) is 9.53 Å². The number of carboxylic acid groups (broad SMARTS) is 1. The zero-order valence-electron chi connectivity index (χ0n) is 8.85. The van der Waals surface area contributed by atoms with E-state index in [0.717, 1.165) is 10.2 Å². The Bertz CT molecular complexity index is 354. The predicted octanol–water partition coefficient (Wildman–Crippen LogP) is 2.32. The lowest BCUT2D eigenvalue weighted by Gasteiger charge is -2.09. The van der Waals surface area contributed by atoms with E-state index in [1.54, 1.807) is 0 Å². The summed E-state index contributed by atoms with van der Waals surface area (Å²) in [6.07, 6.45) is -0.800. The van der Waals surface area contributed by atoms with E-state index in [1.165, 1.54) is 6.92 Å². The third-order valence-corrected chi connectivity index (χ3v) is 2.36. The summed E-state index contributed by atoms with van der Waals surface area (Å²) >= 11 is 3.32. The van der Waals surface area contributed by atoms with Gasteiger partial charge in [-0.1, -0.05) is 22.0 Å². The van der Waals surface area contributed by atoms with Gasteiger partial charge in [0.15, 0.2) is 6.10 Å². The second-order valence-corrected chi connectivity index (χ2v) is 4.07. The van der Waals surface area contributed by atoms with Gasteiger partial charge in [-0.2, -0.15) is 0 Å². The van der Waals surface area contributed by atoms with E-state index in [9.17, 15) is 4.79 Å². The van der Waals surface area contributed by atoms with Crippen molar-refractivity contribution in [1.29, 1.82) is 0 Å². The van der Waals surface area contributed by atoms with Gasteiger partial charge >= 0.3 is 5.97 Å². The van der Waals surface area contributed by atoms with Gasteiger partial charge in [0.25, 0.3) is 0 Å². The van der Waals surface area contributed by atoms with Crippen LogP contribution in [0.15, 0.2) is 28.7 Å². The number of halogens is 1. The highest BCUT2D eigenvalue weighted by molar-refractivity contribution is 9.10. The van der Waals surface area contributed by atoms with E-state index in [2.05, 4.69) is 15.9 Å². The second kappa shape index (κ2) is 6.50. The third-order valence-electron chi connectivity index (χ3n) is 1.86. The molecule has 88 valence electrons. The fourth-order valence-electron chi connectivity index (χ4n) is 1.01. The lowest BCUT2D eigenvalue weighted by molar-refractivity contribution is -0.149. The van der Waals surface area contributed by atoms with Crippen LogP contribution in [0.25, 0.3) is 0 Å². The molecule has 0 amide bonds. The first-order valence-corrected chi connectivity index (χ1v) is 5.61. The molecular formula is C11H13BrO4. The molecule has 1 rings (SSSR count). The molecule has 5 heteroatoms. The number of hydrogen-bond acceptors (Lipinski definition) is 3. The molecule has 0 heterocycles. The van der Waals surface area contributed by atoms with Crippen molar-refractivity contribution in [3.63, 3.8) is 0 Å². The summed E-state index contributed by atoms with van der Waals surface area (Å²) in [4.78, 5) is 10.4. The van der Waals surface area contributed by atoms with Crippen LogP contribution < -0.4 is 4.74 Å². The molecular weight excluding hydrogens is 276 g/mol. The highest BCUT2D eigenvalue weighted by Gasteiger charge is 2.09. The van der Waals surface area contributed by atoms with Crippen molar-refractivity contribution in [3.8, 4) is 5.75 Å². The Labute approximate surface area is 102 Å². The highest BCUT2D eigenvalue weighted by atomic mass is 79.9. The standard InChI is InChI=1S/C11H13BrO4/c1-8(11(13)14)15-5-6-16-10-4-2-3-9(12)7-10/h2-4,7-8H,5-6H2,1H3,(H,13,14)/t8-/m1/s1. The van der Waals surface area contributed by atoms with Crippen LogP contribution in [0, 0.1) is 0 Å². The van der Waals surface area contributed by atoms with Gasteiger partial charge in [0, 0.05) is 4.47 Å². The van der Waals surface area contributed by atoms with Gasteiger partial charge in [0.05, 0.1) is 6.61 Å². The maximum atomic E-state index is 10.4. The van der Waals surface area contributed by atoms with Crippen LogP contribution in [-0.4, -0.2) is 30.4 Å². The third kappa shape index (κ3) is 4.63. The zero-order valence-corrected chi connectivity index (χ0v) is 10.4. The molecule has 0 aliphatic carbocycles. The first-order valence-electron chi connectivity index (χ1n) is 4.82. The number of aliphatic carboxylic acids is 1. The molecule has 0 unspecified atom stereocenters. The largest absolute Gasteiger partial charge is 0.491 e. The Balaban J connectivity index is 2.23. The lowest BCUT2D eigenvalue weighted by atomic mass is 10.3. The van der Waals surface area contributed by atoms with Crippen molar-refractivity contribution in [1.82, 2.24) is 0 Å². The highest BCUT2D eigenvalue weighted by Crippen LogP contribution is 2.17. The van der Waals surface area contributed by atoms with Gasteiger partial charge in [-0.3, -0.25) is 0 Å².